The Labute approximate surface area is 105 Å². The zero-order valence-corrected chi connectivity index (χ0v) is 10.8. The highest BCUT2D eigenvalue weighted by molar-refractivity contribution is 9.10. The van der Waals surface area contributed by atoms with E-state index in [9.17, 15) is 5.26 Å². The molecule has 3 heteroatoms. The fraction of sp³-hybridized carbons (Fsp3) is 0.462. The molecule has 16 heavy (non-hydrogen) atoms. The van der Waals surface area contributed by atoms with Crippen LogP contribution in [0.2, 0.25) is 0 Å². The topological polar surface area (TPSA) is 27.0 Å². The van der Waals surface area contributed by atoms with Crippen molar-refractivity contribution in [1.82, 2.24) is 4.90 Å². The molecule has 2 nitrogen and oxygen atoms in total. The van der Waals surface area contributed by atoms with E-state index in [-0.39, 0.29) is 6.04 Å². The van der Waals surface area contributed by atoms with Crippen molar-refractivity contribution in [2.45, 2.75) is 25.3 Å². The molecule has 2 rings (SSSR count). The molecule has 1 aromatic rings. The first kappa shape index (κ1) is 11.6. The van der Waals surface area contributed by atoms with E-state index in [2.05, 4.69) is 26.9 Å². The summed E-state index contributed by atoms with van der Waals surface area (Å²) in [5.74, 6) is 0. The van der Waals surface area contributed by atoms with Gasteiger partial charge in [-0.2, -0.15) is 5.26 Å². The van der Waals surface area contributed by atoms with Crippen LogP contribution in [-0.4, -0.2) is 18.0 Å². The summed E-state index contributed by atoms with van der Waals surface area (Å²) in [5.41, 5.74) is 1.10. The zero-order valence-electron chi connectivity index (χ0n) is 9.19. The predicted molar refractivity (Wildman–Crippen MR) is 67.9 cm³/mol. The molecule has 1 aromatic carbocycles. The van der Waals surface area contributed by atoms with Crippen molar-refractivity contribution < 1.29 is 0 Å². The highest BCUT2D eigenvalue weighted by Crippen LogP contribution is 2.25. The maximum Gasteiger partial charge on any atom is 0.123 e. The van der Waals surface area contributed by atoms with E-state index >= 15 is 0 Å². The van der Waals surface area contributed by atoms with Crippen LogP contribution >= 0.6 is 15.9 Å². The number of piperidine rings is 1. The van der Waals surface area contributed by atoms with Crippen molar-refractivity contribution in [2.24, 2.45) is 0 Å². The van der Waals surface area contributed by atoms with Crippen LogP contribution in [0.15, 0.2) is 28.7 Å². The molecule has 0 aliphatic carbocycles. The lowest BCUT2D eigenvalue weighted by molar-refractivity contribution is 0.196. The molecule has 0 spiro atoms. The molecular formula is C13H15BrN2. The second kappa shape index (κ2) is 5.47. The number of likely N-dealkylation sites (tertiary alicyclic amines) is 1. The molecule has 1 fully saturated rings. The number of nitrogens with zero attached hydrogens (tertiary/aromatic N) is 2. The molecule has 1 aliphatic heterocycles. The maximum atomic E-state index is 9.32. The number of benzene rings is 1. The first-order valence-electron chi connectivity index (χ1n) is 5.70. The van der Waals surface area contributed by atoms with Gasteiger partial charge in [-0.15, -0.1) is 0 Å². The Morgan fingerprint density at radius 3 is 2.62 bits per heavy atom. The lowest BCUT2D eigenvalue weighted by Gasteiger charge is -2.30. The van der Waals surface area contributed by atoms with Crippen molar-refractivity contribution in [3.63, 3.8) is 0 Å². The number of halogens is 1. The van der Waals surface area contributed by atoms with Gasteiger partial charge in [-0.25, -0.2) is 0 Å². The van der Waals surface area contributed by atoms with E-state index in [1.807, 2.05) is 24.3 Å². The van der Waals surface area contributed by atoms with Gasteiger partial charge in [-0.3, -0.25) is 4.90 Å². The van der Waals surface area contributed by atoms with Crippen LogP contribution < -0.4 is 0 Å². The Morgan fingerprint density at radius 1 is 1.25 bits per heavy atom. The summed E-state index contributed by atoms with van der Waals surface area (Å²) in [4.78, 5) is 2.28. The van der Waals surface area contributed by atoms with Crippen LogP contribution in [0, 0.1) is 11.3 Å². The van der Waals surface area contributed by atoms with E-state index in [1.54, 1.807) is 0 Å². The highest BCUT2D eigenvalue weighted by atomic mass is 79.9. The van der Waals surface area contributed by atoms with Crippen molar-refractivity contribution in [2.75, 3.05) is 13.1 Å². The van der Waals surface area contributed by atoms with Crippen LogP contribution in [0.3, 0.4) is 0 Å². The van der Waals surface area contributed by atoms with Crippen LogP contribution in [0.25, 0.3) is 0 Å². The van der Waals surface area contributed by atoms with E-state index in [0.29, 0.717) is 0 Å². The molecule has 1 atom stereocenters. The summed E-state index contributed by atoms with van der Waals surface area (Å²) in [6.45, 7) is 2.09. The minimum Gasteiger partial charge on any atom is -0.284 e. The first-order valence-corrected chi connectivity index (χ1v) is 6.49. The fourth-order valence-electron chi connectivity index (χ4n) is 2.22. The SMILES string of the molecule is N#CC(c1cccc(Br)c1)N1CCCCC1. The van der Waals surface area contributed by atoms with Crippen molar-refractivity contribution in [3.8, 4) is 6.07 Å². The Bertz CT molecular complexity index is 391. The predicted octanol–water partition coefficient (Wildman–Crippen LogP) is 3.50. The third-order valence-electron chi connectivity index (χ3n) is 3.04. The van der Waals surface area contributed by atoms with E-state index in [4.69, 9.17) is 0 Å². The molecular weight excluding hydrogens is 264 g/mol. The van der Waals surface area contributed by atoms with Gasteiger partial charge in [-0.1, -0.05) is 34.5 Å². The number of rotatable bonds is 2. The minimum absolute atomic E-state index is 0.0854. The molecule has 84 valence electrons. The Hall–Kier alpha value is -0.850. The average Bonchev–Trinajstić information content (AvgIpc) is 2.31. The number of hydrogen-bond donors (Lipinski definition) is 0. The van der Waals surface area contributed by atoms with Crippen LogP contribution in [0.5, 0.6) is 0 Å². The second-order valence-electron chi connectivity index (χ2n) is 4.18. The van der Waals surface area contributed by atoms with E-state index in [0.717, 1.165) is 23.1 Å². The monoisotopic (exact) mass is 278 g/mol. The van der Waals surface area contributed by atoms with E-state index in [1.165, 1.54) is 19.3 Å². The van der Waals surface area contributed by atoms with Crippen LogP contribution in [-0.2, 0) is 0 Å². The van der Waals surface area contributed by atoms with Gasteiger partial charge in [0, 0.05) is 4.47 Å². The quantitative estimate of drug-likeness (QED) is 0.828. The molecule has 0 N–H and O–H groups in total. The van der Waals surface area contributed by atoms with Crippen molar-refractivity contribution >= 4 is 15.9 Å². The normalized spacial score (nSPS) is 19.0. The zero-order chi connectivity index (χ0) is 11.4. The first-order chi connectivity index (χ1) is 7.81. The summed E-state index contributed by atoms with van der Waals surface area (Å²) in [6.07, 6.45) is 3.73. The van der Waals surface area contributed by atoms with Gasteiger partial charge < -0.3 is 0 Å². The summed E-state index contributed by atoms with van der Waals surface area (Å²) in [6, 6.07) is 10.4. The fourth-order valence-corrected chi connectivity index (χ4v) is 2.64. The molecule has 0 aromatic heterocycles. The Kier molecular flexibility index (Phi) is 3.98. The standard InChI is InChI=1S/C13H15BrN2/c14-12-6-4-5-11(9-12)13(10-15)16-7-2-1-3-8-16/h4-6,9,13H,1-3,7-8H2. The largest absolute Gasteiger partial charge is 0.284 e. The summed E-state index contributed by atoms with van der Waals surface area (Å²) in [5, 5.41) is 9.32. The van der Waals surface area contributed by atoms with E-state index < -0.39 is 0 Å². The summed E-state index contributed by atoms with van der Waals surface area (Å²) in [7, 11) is 0. The van der Waals surface area contributed by atoms with Gasteiger partial charge in [0.25, 0.3) is 0 Å². The van der Waals surface area contributed by atoms with Gasteiger partial charge in [0.2, 0.25) is 0 Å². The molecule has 1 heterocycles. The lowest BCUT2D eigenvalue weighted by atomic mass is 10.0. The molecule has 0 saturated carbocycles. The van der Waals surface area contributed by atoms with Gasteiger partial charge in [0.1, 0.15) is 6.04 Å². The summed E-state index contributed by atoms with van der Waals surface area (Å²) >= 11 is 3.46. The molecule has 0 bridgehead atoms. The molecule has 1 saturated heterocycles. The molecule has 0 amide bonds. The van der Waals surface area contributed by atoms with Gasteiger partial charge >= 0.3 is 0 Å². The molecule has 0 radical (unpaired) electrons. The lowest BCUT2D eigenvalue weighted by Crippen LogP contribution is -2.33. The Balaban J connectivity index is 2.18. The maximum absolute atomic E-state index is 9.32. The Morgan fingerprint density at radius 2 is 2.00 bits per heavy atom. The minimum atomic E-state index is -0.0854. The van der Waals surface area contributed by atoms with Crippen molar-refractivity contribution in [3.05, 3.63) is 34.3 Å². The van der Waals surface area contributed by atoms with Crippen LogP contribution in [0.4, 0.5) is 0 Å². The van der Waals surface area contributed by atoms with Crippen LogP contribution in [0.1, 0.15) is 30.9 Å². The smallest absolute Gasteiger partial charge is 0.123 e. The number of hydrogen-bond acceptors (Lipinski definition) is 2. The third kappa shape index (κ3) is 2.63. The second-order valence-corrected chi connectivity index (χ2v) is 5.10. The average molecular weight is 279 g/mol. The molecule has 1 unspecified atom stereocenters. The summed E-state index contributed by atoms with van der Waals surface area (Å²) < 4.78 is 1.04. The third-order valence-corrected chi connectivity index (χ3v) is 3.54. The van der Waals surface area contributed by atoms with Gasteiger partial charge in [0.15, 0.2) is 0 Å². The number of nitriles is 1. The van der Waals surface area contributed by atoms with Gasteiger partial charge in [0.05, 0.1) is 6.07 Å². The van der Waals surface area contributed by atoms with Gasteiger partial charge in [-0.05, 0) is 43.6 Å². The molecule has 1 aliphatic rings. The van der Waals surface area contributed by atoms with Crippen molar-refractivity contribution in [1.29, 1.82) is 5.26 Å². The highest BCUT2D eigenvalue weighted by Gasteiger charge is 2.21.